The largest absolute Gasteiger partial charge is 0.374 e. The second kappa shape index (κ2) is 4.74. The van der Waals surface area contributed by atoms with Crippen molar-refractivity contribution in [1.29, 1.82) is 0 Å². The minimum atomic E-state index is -0.301. The Morgan fingerprint density at radius 3 is 2.95 bits per heavy atom. The van der Waals surface area contributed by atoms with Crippen molar-refractivity contribution in [1.82, 2.24) is 5.32 Å². The number of fused-ring (bicyclic) bond motifs is 1. The van der Waals surface area contributed by atoms with Crippen molar-refractivity contribution in [2.45, 2.75) is 12.8 Å². The Morgan fingerprint density at radius 1 is 1.37 bits per heavy atom. The maximum atomic E-state index is 11.5. The molecule has 0 atom stereocenters. The molecule has 0 aliphatic carbocycles. The first-order valence-corrected chi connectivity index (χ1v) is 7.04. The zero-order valence-electron chi connectivity index (χ0n) is 10.6. The van der Waals surface area contributed by atoms with Crippen LogP contribution < -0.4 is 10.2 Å². The molecule has 5 heteroatoms. The summed E-state index contributed by atoms with van der Waals surface area (Å²) in [5.41, 5.74) is 3.53. The number of rotatable bonds is 1. The molecule has 1 aromatic rings. The molecule has 2 aliphatic heterocycles. The van der Waals surface area contributed by atoms with E-state index in [-0.39, 0.29) is 11.1 Å². The Morgan fingerprint density at radius 2 is 2.21 bits per heavy atom. The summed E-state index contributed by atoms with van der Waals surface area (Å²) in [4.78, 5) is 25.3. The average Bonchev–Trinajstić information content (AvgIpc) is 2.68. The van der Waals surface area contributed by atoms with Crippen molar-refractivity contribution in [3.05, 3.63) is 34.2 Å². The first kappa shape index (κ1) is 12.3. The van der Waals surface area contributed by atoms with Crippen LogP contribution in [0.4, 0.5) is 10.5 Å². The van der Waals surface area contributed by atoms with Gasteiger partial charge >= 0.3 is 0 Å². The fraction of sp³-hybridized carbons (Fsp3) is 0.286. The highest BCUT2D eigenvalue weighted by atomic mass is 32.2. The van der Waals surface area contributed by atoms with Gasteiger partial charge < -0.3 is 4.90 Å². The highest BCUT2D eigenvalue weighted by molar-refractivity contribution is 8.18. The van der Waals surface area contributed by atoms with E-state index in [0.717, 1.165) is 36.7 Å². The molecule has 2 heterocycles. The van der Waals surface area contributed by atoms with Crippen LogP contribution in [0.3, 0.4) is 0 Å². The number of aryl methyl sites for hydroxylation is 1. The van der Waals surface area contributed by atoms with E-state index in [4.69, 9.17) is 0 Å². The Bertz CT molecular complexity index is 595. The van der Waals surface area contributed by atoms with Gasteiger partial charge in [-0.15, -0.1) is 0 Å². The normalized spacial score (nSPS) is 20.7. The smallest absolute Gasteiger partial charge is 0.290 e. The summed E-state index contributed by atoms with van der Waals surface area (Å²) >= 11 is 0.958. The van der Waals surface area contributed by atoms with Gasteiger partial charge in [-0.25, -0.2) is 0 Å². The van der Waals surface area contributed by atoms with E-state index in [1.807, 2.05) is 6.07 Å². The third kappa shape index (κ3) is 2.38. The second-order valence-corrected chi connectivity index (χ2v) is 5.78. The SMILES string of the molecule is CN1CCCc2cc(C=C3SC(=O)NC3=O)ccc21. The molecular weight excluding hydrogens is 260 g/mol. The molecule has 0 bridgehead atoms. The van der Waals surface area contributed by atoms with Crippen LogP contribution in [0, 0.1) is 0 Å². The van der Waals surface area contributed by atoms with Crippen LogP contribution >= 0.6 is 11.8 Å². The van der Waals surface area contributed by atoms with Gasteiger partial charge in [0, 0.05) is 19.3 Å². The van der Waals surface area contributed by atoms with Crippen LogP contribution in [0.2, 0.25) is 0 Å². The molecule has 2 aliphatic rings. The topological polar surface area (TPSA) is 49.4 Å². The summed E-state index contributed by atoms with van der Waals surface area (Å²) < 4.78 is 0. The maximum absolute atomic E-state index is 11.5. The molecule has 0 spiro atoms. The first-order chi connectivity index (χ1) is 9.13. The van der Waals surface area contributed by atoms with Crippen LogP contribution in [0.5, 0.6) is 0 Å². The summed E-state index contributed by atoms with van der Waals surface area (Å²) in [5.74, 6) is -0.301. The number of hydrogen-bond acceptors (Lipinski definition) is 4. The van der Waals surface area contributed by atoms with E-state index in [1.165, 1.54) is 11.3 Å². The van der Waals surface area contributed by atoms with Crippen molar-refractivity contribution in [2.75, 3.05) is 18.5 Å². The van der Waals surface area contributed by atoms with E-state index in [0.29, 0.717) is 4.91 Å². The van der Waals surface area contributed by atoms with Crippen molar-refractivity contribution in [3.8, 4) is 0 Å². The number of nitrogens with one attached hydrogen (secondary N) is 1. The minimum Gasteiger partial charge on any atom is -0.374 e. The molecule has 4 nitrogen and oxygen atoms in total. The zero-order valence-corrected chi connectivity index (χ0v) is 11.4. The molecule has 1 N–H and O–H groups in total. The van der Waals surface area contributed by atoms with E-state index < -0.39 is 0 Å². The molecule has 1 aromatic carbocycles. The number of hydrogen-bond donors (Lipinski definition) is 1. The lowest BCUT2D eigenvalue weighted by molar-refractivity contribution is -0.115. The van der Waals surface area contributed by atoms with Gasteiger partial charge in [0.05, 0.1) is 4.91 Å². The lowest BCUT2D eigenvalue weighted by Crippen LogP contribution is -2.24. The molecular formula is C14H14N2O2S. The lowest BCUT2D eigenvalue weighted by Gasteiger charge is -2.27. The molecule has 1 fully saturated rings. The summed E-state index contributed by atoms with van der Waals surface area (Å²) in [7, 11) is 2.09. The molecule has 98 valence electrons. The number of nitrogens with zero attached hydrogens (tertiary/aromatic N) is 1. The van der Waals surface area contributed by atoms with Gasteiger partial charge in [0.25, 0.3) is 11.1 Å². The van der Waals surface area contributed by atoms with Crippen LogP contribution in [-0.2, 0) is 11.2 Å². The summed E-state index contributed by atoms with van der Waals surface area (Å²) in [6.07, 6.45) is 3.99. The first-order valence-electron chi connectivity index (χ1n) is 6.22. The number of amides is 2. The number of anilines is 1. The monoisotopic (exact) mass is 274 g/mol. The van der Waals surface area contributed by atoms with Crippen LogP contribution in [0.15, 0.2) is 23.1 Å². The zero-order chi connectivity index (χ0) is 13.4. The number of carbonyl (C=O) groups is 2. The van der Waals surface area contributed by atoms with E-state index in [2.05, 4.69) is 29.4 Å². The predicted octanol–water partition coefficient (Wildman–Crippen LogP) is 2.39. The number of imide groups is 1. The molecule has 2 amide bonds. The van der Waals surface area contributed by atoms with Crippen molar-refractivity contribution < 1.29 is 9.59 Å². The van der Waals surface area contributed by atoms with Crippen molar-refractivity contribution in [3.63, 3.8) is 0 Å². The third-order valence-electron chi connectivity index (χ3n) is 3.39. The Labute approximate surface area is 115 Å². The Balaban J connectivity index is 1.93. The van der Waals surface area contributed by atoms with Gasteiger partial charge in [0.15, 0.2) is 0 Å². The highest BCUT2D eigenvalue weighted by Crippen LogP contribution is 2.30. The average molecular weight is 274 g/mol. The van der Waals surface area contributed by atoms with Crippen LogP contribution in [-0.4, -0.2) is 24.7 Å². The van der Waals surface area contributed by atoms with E-state index in [9.17, 15) is 9.59 Å². The maximum Gasteiger partial charge on any atom is 0.290 e. The van der Waals surface area contributed by atoms with Gasteiger partial charge in [0.2, 0.25) is 0 Å². The van der Waals surface area contributed by atoms with Crippen molar-refractivity contribution in [2.24, 2.45) is 0 Å². The summed E-state index contributed by atoms with van der Waals surface area (Å²) in [6, 6.07) is 6.18. The Hall–Kier alpha value is -1.75. The molecule has 19 heavy (non-hydrogen) atoms. The van der Waals surface area contributed by atoms with E-state index in [1.54, 1.807) is 6.08 Å². The molecule has 0 saturated carbocycles. The van der Waals surface area contributed by atoms with Gasteiger partial charge in [0.1, 0.15) is 0 Å². The fourth-order valence-corrected chi connectivity index (χ4v) is 3.15. The summed E-state index contributed by atoms with van der Waals surface area (Å²) in [5, 5.41) is 1.97. The number of benzene rings is 1. The van der Waals surface area contributed by atoms with Gasteiger partial charge in [-0.2, -0.15) is 0 Å². The quantitative estimate of drug-likeness (QED) is 0.799. The van der Waals surface area contributed by atoms with Crippen LogP contribution in [0.1, 0.15) is 17.5 Å². The van der Waals surface area contributed by atoms with Gasteiger partial charge in [-0.3, -0.25) is 14.9 Å². The standard InChI is InChI=1S/C14H14N2O2S/c1-16-6-2-3-10-7-9(4-5-11(10)16)8-12-13(17)15-14(18)19-12/h4-5,7-8H,2-3,6H2,1H3,(H,15,17,18). The lowest BCUT2D eigenvalue weighted by atomic mass is 9.99. The minimum absolute atomic E-state index is 0.297. The second-order valence-electron chi connectivity index (χ2n) is 4.77. The Kier molecular flexibility index (Phi) is 3.06. The van der Waals surface area contributed by atoms with Gasteiger partial charge in [-0.1, -0.05) is 6.07 Å². The number of thioether (sulfide) groups is 1. The summed E-state index contributed by atoms with van der Waals surface area (Å²) in [6.45, 7) is 1.08. The predicted molar refractivity (Wildman–Crippen MR) is 77.1 cm³/mol. The molecule has 1 saturated heterocycles. The highest BCUT2D eigenvalue weighted by Gasteiger charge is 2.25. The molecule has 0 unspecified atom stereocenters. The molecule has 3 rings (SSSR count). The number of carbonyl (C=O) groups excluding carboxylic acids is 2. The molecule has 0 radical (unpaired) electrons. The molecule has 0 aromatic heterocycles. The third-order valence-corrected chi connectivity index (χ3v) is 4.20. The fourth-order valence-electron chi connectivity index (χ4n) is 2.47. The van der Waals surface area contributed by atoms with E-state index >= 15 is 0 Å². The van der Waals surface area contributed by atoms with Crippen molar-refractivity contribution >= 4 is 34.7 Å². The van der Waals surface area contributed by atoms with Crippen LogP contribution in [0.25, 0.3) is 6.08 Å². The van der Waals surface area contributed by atoms with Gasteiger partial charge in [-0.05, 0) is 53.9 Å².